The summed E-state index contributed by atoms with van der Waals surface area (Å²) in [6, 6.07) is 17.6. The van der Waals surface area contributed by atoms with E-state index in [1.165, 1.54) is 0 Å². The maximum atomic E-state index is 10.7. The Labute approximate surface area is 120 Å². The Morgan fingerprint density at radius 3 is 2.20 bits per heavy atom. The van der Waals surface area contributed by atoms with Gasteiger partial charge in [0.15, 0.2) is 0 Å². The molecule has 3 heteroatoms. The minimum absolute atomic E-state index is 0.517. The number of para-hydroxylation sites is 1. The number of aliphatic hydroxyl groups is 1. The van der Waals surface area contributed by atoms with Gasteiger partial charge >= 0.3 is 0 Å². The lowest BCUT2D eigenvalue weighted by Gasteiger charge is -2.31. The van der Waals surface area contributed by atoms with Crippen molar-refractivity contribution in [1.29, 1.82) is 0 Å². The van der Waals surface area contributed by atoms with Gasteiger partial charge in [0, 0.05) is 12.7 Å². The number of rotatable bonds is 5. The first kappa shape index (κ1) is 14.4. The third-order valence-corrected chi connectivity index (χ3v) is 3.45. The van der Waals surface area contributed by atoms with Crippen LogP contribution in [0.2, 0.25) is 0 Å². The van der Waals surface area contributed by atoms with Gasteiger partial charge in [-0.25, -0.2) is 0 Å². The van der Waals surface area contributed by atoms with Crippen molar-refractivity contribution in [3.05, 3.63) is 60.2 Å². The van der Waals surface area contributed by atoms with Gasteiger partial charge in [-0.05, 0) is 36.8 Å². The van der Waals surface area contributed by atoms with E-state index in [-0.39, 0.29) is 0 Å². The van der Waals surface area contributed by atoms with Crippen molar-refractivity contribution in [3.63, 3.8) is 0 Å². The molecule has 2 rings (SSSR count). The maximum absolute atomic E-state index is 10.7. The lowest BCUT2D eigenvalue weighted by molar-refractivity contribution is 0.0656. The fraction of sp³-hybridized carbons (Fsp3) is 0.294. The van der Waals surface area contributed by atoms with E-state index in [0.717, 1.165) is 17.0 Å². The van der Waals surface area contributed by atoms with E-state index in [4.69, 9.17) is 4.74 Å². The summed E-state index contributed by atoms with van der Waals surface area (Å²) in [6.07, 6.45) is 0. The Balaban J connectivity index is 2.13. The molecule has 106 valence electrons. The average Bonchev–Trinajstić information content (AvgIpc) is 2.48. The van der Waals surface area contributed by atoms with Crippen LogP contribution < -0.4 is 9.64 Å². The van der Waals surface area contributed by atoms with Crippen LogP contribution in [0.4, 0.5) is 5.69 Å². The highest BCUT2D eigenvalue weighted by Gasteiger charge is 2.25. The van der Waals surface area contributed by atoms with Crippen molar-refractivity contribution in [2.45, 2.75) is 12.5 Å². The molecule has 0 radical (unpaired) electrons. The summed E-state index contributed by atoms with van der Waals surface area (Å²) in [5, 5.41) is 10.7. The molecule has 2 aromatic rings. The molecular formula is C17H21NO2. The van der Waals surface area contributed by atoms with Crippen molar-refractivity contribution in [2.75, 3.05) is 25.6 Å². The molecule has 0 bridgehead atoms. The molecule has 0 aliphatic heterocycles. The monoisotopic (exact) mass is 271 g/mol. The summed E-state index contributed by atoms with van der Waals surface area (Å²) >= 11 is 0. The zero-order chi connectivity index (χ0) is 14.6. The molecule has 1 N–H and O–H groups in total. The molecule has 2 aromatic carbocycles. The molecule has 0 amide bonds. The Hall–Kier alpha value is -2.00. The maximum Gasteiger partial charge on any atom is 0.118 e. The van der Waals surface area contributed by atoms with Crippen LogP contribution >= 0.6 is 0 Å². The third-order valence-electron chi connectivity index (χ3n) is 3.45. The molecule has 1 unspecified atom stereocenters. The molecule has 0 saturated carbocycles. The van der Waals surface area contributed by atoms with Crippen LogP contribution in [0.25, 0.3) is 0 Å². The number of nitrogens with zero attached hydrogens (tertiary/aromatic N) is 1. The lowest BCUT2D eigenvalue weighted by Crippen LogP contribution is -2.36. The van der Waals surface area contributed by atoms with Crippen molar-refractivity contribution in [1.82, 2.24) is 0 Å². The Morgan fingerprint density at radius 2 is 1.65 bits per heavy atom. The van der Waals surface area contributed by atoms with Crippen LogP contribution in [0.1, 0.15) is 12.5 Å². The molecule has 0 aromatic heterocycles. The highest BCUT2D eigenvalue weighted by atomic mass is 16.5. The van der Waals surface area contributed by atoms with Gasteiger partial charge in [-0.2, -0.15) is 0 Å². The number of anilines is 1. The predicted octanol–water partition coefficient (Wildman–Crippen LogP) is 3.04. The minimum atomic E-state index is -0.920. The molecule has 20 heavy (non-hydrogen) atoms. The summed E-state index contributed by atoms with van der Waals surface area (Å²) < 4.78 is 5.14. The first-order valence-corrected chi connectivity index (χ1v) is 6.66. The van der Waals surface area contributed by atoms with Gasteiger partial charge in [-0.3, -0.25) is 0 Å². The number of hydrogen-bond donors (Lipinski definition) is 1. The number of benzene rings is 2. The second-order valence-corrected chi connectivity index (χ2v) is 5.19. The van der Waals surface area contributed by atoms with Crippen molar-refractivity contribution >= 4 is 5.69 Å². The largest absolute Gasteiger partial charge is 0.497 e. The van der Waals surface area contributed by atoms with E-state index in [9.17, 15) is 5.11 Å². The van der Waals surface area contributed by atoms with Gasteiger partial charge in [0.2, 0.25) is 0 Å². The summed E-state index contributed by atoms with van der Waals surface area (Å²) in [5.74, 6) is 0.793. The number of likely N-dealkylation sites (N-methyl/N-ethyl adjacent to an activating group) is 1. The van der Waals surface area contributed by atoms with E-state index >= 15 is 0 Å². The van der Waals surface area contributed by atoms with Gasteiger partial charge in [-0.15, -0.1) is 0 Å². The second-order valence-electron chi connectivity index (χ2n) is 5.19. The molecule has 0 aliphatic carbocycles. The van der Waals surface area contributed by atoms with Crippen LogP contribution in [-0.2, 0) is 5.60 Å². The second kappa shape index (κ2) is 5.97. The SMILES string of the molecule is COc1ccc(C(C)(O)CN(C)c2ccccc2)cc1. The van der Waals surface area contributed by atoms with Crippen molar-refractivity contribution in [3.8, 4) is 5.75 Å². The van der Waals surface area contributed by atoms with Gasteiger partial charge in [0.1, 0.15) is 11.4 Å². The van der Waals surface area contributed by atoms with E-state index in [0.29, 0.717) is 6.54 Å². The van der Waals surface area contributed by atoms with Gasteiger partial charge in [0.25, 0.3) is 0 Å². The predicted molar refractivity (Wildman–Crippen MR) is 82.3 cm³/mol. The normalized spacial score (nSPS) is 13.6. The van der Waals surface area contributed by atoms with Crippen LogP contribution in [0.3, 0.4) is 0 Å². The smallest absolute Gasteiger partial charge is 0.118 e. The summed E-state index contributed by atoms with van der Waals surface area (Å²) in [6.45, 7) is 2.34. The molecule has 1 atom stereocenters. The van der Waals surface area contributed by atoms with Crippen LogP contribution in [0.15, 0.2) is 54.6 Å². The molecule has 0 fully saturated rings. The van der Waals surface area contributed by atoms with Gasteiger partial charge in [-0.1, -0.05) is 30.3 Å². The van der Waals surface area contributed by atoms with Crippen molar-refractivity contribution in [2.24, 2.45) is 0 Å². The summed E-state index contributed by atoms with van der Waals surface area (Å²) in [5.41, 5.74) is 1.04. The average molecular weight is 271 g/mol. The van der Waals surface area contributed by atoms with E-state index < -0.39 is 5.60 Å². The molecular weight excluding hydrogens is 250 g/mol. The Kier molecular flexibility index (Phi) is 4.30. The molecule has 0 aliphatic rings. The number of hydrogen-bond acceptors (Lipinski definition) is 3. The number of ether oxygens (including phenoxy) is 1. The molecule has 0 spiro atoms. The third kappa shape index (κ3) is 3.31. The lowest BCUT2D eigenvalue weighted by atomic mass is 9.95. The quantitative estimate of drug-likeness (QED) is 0.907. The van der Waals surface area contributed by atoms with Gasteiger partial charge < -0.3 is 14.7 Å². The first-order chi connectivity index (χ1) is 9.53. The van der Waals surface area contributed by atoms with Gasteiger partial charge in [0.05, 0.1) is 13.7 Å². The number of methoxy groups -OCH3 is 1. The first-order valence-electron chi connectivity index (χ1n) is 6.66. The van der Waals surface area contributed by atoms with E-state index in [1.54, 1.807) is 7.11 Å². The Morgan fingerprint density at radius 1 is 1.05 bits per heavy atom. The van der Waals surface area contributed by atoms with Crippen LogP contribution in [0.5, 0.6) is 5.75 Å². The fourth-order valence-corrected chi connectivity index (χ4v) is 2.28. The summed E-state index contributed by atoms with van der Waals surface area (Å²) in [7, 11) is 3.61. The topological polar surface area (TPSA) is 32.7 Å². The highest BCUT2D eigenvalue weighted by molar-refractivity contribution is 5.46. The molecule has 3 nitrogen and oxygen atoms in total. The molecule has 0 saturated heterocycles. The van der Waals surface area contributed by atoms with E-state index in [2.05, 4.69) is 0 Å². The summed E-state index contributed by atoms with van der Waals surface area (Å²) in [4.78, 5) is 2.05. The Bertz CT molecular complexity index is 535. The van der Waals surface area contributed by atoms with E-state index in [1.807, 2.05) is 73.5 Å². The fourth-order valence-electron chi connectivity index (χ4n) is 2.28. The van der Waals surface area contributed by atoms with Crippen molar-refractivity contribution < 1.29 is 9.84 Å². The van der Waals surface area contributed by atoms with Crippen LogP contribution in [-0.4, -0.2) is 25.8 Å². The zero-order valence-corrected chi connectivity index (χ0v) is 12.2. The standard InChI is InChI=1S/C17H21NO2/c1-17(19,14-9-11-16(20-3)12-10-14)13-18(2)15-7-5-4-6-8-15/h4-12,19H,13H2,1-3H3. The molecule has 0 heterocycles. The zero-order valence-electron chi connectivity index (χ0n) is 12.2. The highest BCUT2D eigenvalue weighted by Crippen LogP contribution is 2.25. The van der Waals surface area contributed by atoms with Crippen LogP contribution in [0, 0.1) is 0 Å². The minimum Gasteiger partial charge on any atom is -0.497 e.